The fourth-order valence-corrected chi connectivity index (χ4v) is 4.47. The van der Waals surface area contributed by atoms with Gasteiger partial charge in [-0.25, -0.2) is 9.88 Å². The van der Waals surface area contributed by atoms with E-state index in [1.807, 2.05) is 18.2 Å². The molecule has 180 valence electrons. The van der Waals surface area contributed by atoms with Gasteiger partial charge < -0.3 is 9.64 Å². The molecule has 1 unspecified atom stereocenters. The predicted molar refractivity (Wildman–Crippen MR) is 128 cm³/mol. The lowest BCUT2D eigenvalue weighted by Crippen LogP contribution is -2.49. The van der Waals surface area contributed by atoms with Gasteiger partial charge in [0, 0.05) is 51.8 Å². The van der Waals surface area contributed by atoms with E-state index in [1.54, 1.807) is 30.5 Å². The minimum absolute atomic E-state index is 0.288. The second-order valence-electron chi connectivity index (χ2n) is 8.73. The number of anilines is 1. The minimum Gasteiger partial charge on any atom is -0.441 e. The third kappa shape index (κ3) is 5.44. The van der Waals surface area contributed by atoms with E-state index in [1.165, 1.54) is 0 Å². The summed E-state index contributed by atoms with van der Waals surface area (Å²) in [6.07, 6.45) is 4.23. The highest BCUT2D eigenvalue weighted by Crippen LogP contribution is 2.27. The number of carbonyl (C=O) groups excluding carboxylic acids is 3. The smallest absolute Gasteiger partial charge is 0.307 e. The number of aromatic nitrogens is 1. The van der Waals surface area contributed by atoms with Gasteiger partial charge in [0.25, 0.3) is 11.8 Å². The van der Waals surface area contributed by atoms with Crippen LogP contribution < -0.4 is 4.90 Å². The maximum Gasteiger partial charge on any atom is 0.307 e. The van der Waals surface area contributed by atoms with Gasteiger partial charge in [0.05, 0.1) is 11.1 Å². The zero-order chi connectivity index (χ0) is 23.9. The van der Waals surface area contributed by atoms with Crippen LogP contribution in [0.15, 0.2) is 48.7 Å². The maximum absolute atomic E-state index is 13.0. The number of fused-ring (bicyclic) bond motifs is 1. The molecule has 8 nitrogen and oxygen atoms in total. The first-order valence-electron chi connectivity index (χ1n) is 12.1. The maximum atomic E-state index is 13.0. The van der Waals surface area contributed by atoms with Crippen LogP contribution in [0.2, 0.25) is 0 Å². The molecular weight excluding hydrogens is 432 g/mol. The summed E-state index contributed by atoms with van der Waals surface area (Å²) in [5.41, 5.74) is 0.729. The van der Waals surface area contributed by atoms with Crippen LogP contribution in [-0.2, 0) is 9.53 Å². The number of hydrogen-bond donors (Lipinski definition) is 0. The molecule has 3 heterocycles. The molecule has 0 saturated carbocycles. The van der Waals surface area contributed by atoms with Crippen molar-refractivity contribution in [3.8, 4) is 0 Å². The lowest BCUT2D eigenvalue weighted by Gasteiger charge is -2.36. The average Bonchev–Trinajstić information content (AvgIpc) is 3.13. The lowest BCUT2D eigenvalue weighted by molar-refractivity contribution is -0.155. The number of piperazine rings is 1. The van der Waals surface area contributed by atoms with E-state index in [-0.39, 0.29) is 12.4 Å². The summed E-state index contributed by atoms with van der Waals surface area (Å²) in [5.74, 6) is -0.194. The van der Waals surface area contributed by atoms with Crippen LogP contribution in [0.4, 0.5) is 5.82 Å². The Morgan fingerprint density at radius 3 is 2.26 bits per heavy atom. The zero-order valence-electron chi connectivity index (χ0n) is 19.7. The standard InChI is InChI=1S/C26H32N4O4/c1-2-3-4-12-24(31)34-23(30-25(32)20-9-5-6-10-21(20)26(30)33)13-15-28-16-18-29(19-17-28)22-11-7-8-14-27-22/h5-11,14,23H,2-4,12-13,15-19H2,1H3. The van der Waals surface area contributed by atoms with E-state index in [2.05, 4.69) is 21.7 Å². The van der Waals surface area contributed by atoms with Gasteiger partial charge in [-0.2, -0.15) is 0 Å². The Hall–Kier alpha value is -3.26. The summed E-state index contributed by atoms with van der Waals surface area (Å²) in [6, 6.07) is 12.7. The van der Waals surface area contributed by atoms with Crippen LogP contribution in [0, 0.1) is 0 Å². The van der Waals surface area contributed by atoms with Gasteiger partial charge in [0.1, 0.15) is 5.82 Å². The number of amides is 2. The second kappa shape index (κ2) is 11.2. The van der Waals surface area contributed by atoms with E-state index in [0.29, 0.717) is 24.1 Å². The Kier molecular flexibility index (Phi) is 7.90. The number of ether oxygens (including phenoxy) is 1. The molecule has 1 fully saturated rings. The van der Waals surface area contributed by atoms with Gasteiger partial charge in [-0.05, 0) is 30.7 Å². The average molecular weight is 465 g/mol. The number of nitrogens with zero attached hydrogens (tertiary/aromatic N) is 4. The highest BCUT2D eigenvalue weighted by atomic mass is 16.6. The first-order chi connectivity index (χ1) is 16.6. The SMILES string of the molecule is CCCCCC(=O)OC(CCN1CCN(c2ccccn2)CC1)N1C(=O)c2ccccc2C1=O. The van der Waals surface area contributed by atoms with Crippen LogP contribution in [0.25, 0.3) is 0 Å². The Bertz CT molecular complexity index is 970. The third-order valence-electron chi connectivity index (χ3n) is 6.40. The van der Waals surface area contributed by atoms with Gasteiger partial charge in [-0.15, -0.1) is 0 Å². The molecule has 2 amide bonds. The molecule has 8 heteroatoms. The van der Waals surface area contributed by atoms with Crippen LogP contribution in [0.5, 0.6) is 0 Å². The molecule has 1 atom stereocenters. The summed E-state index contributed by atoms with van der Waals surface area (Å²) < 4.78 is 5.73. The molecule has 0 aliphatic carbocycles. The lowest BCUT2D eigenvalue weighted by atomic mass is 10.1. The van der Waals surface area contributed by atoms with E-state index in [4.69, 9.17) is 4.74 Å². The van der Waals surface area contributed by atoms with Crippen molar-refractivity contribution in [3.05, 3.63) is 59.8 Å². The summed E-state index contributed by atoms with van der Waals surface area (Å²) in [6.45, 7) is 6.03. The molecule has 1 saturated heterocycles. The Balaban J connectivity index is 1.39. The molecule has 2 aliphatic rings. The van der Waals surface area contributed by atoms with E-state index in [0.717, 1.165) is 56.2 Å². The molecule has 1 aromatic heterocycles. The van der Waals surface area contributed by atoms with Gasteiger partial charge >= 0.3 is 5.97 Å². The zero-order valence-corrected chi connectivity index (χ0v) is 19.7. The van der Waals surface area contributed by atoms with Crippen molar-refractivity contribution in [2.75, 3.05) is 37.6 Å². The number of benzene rings is 1. The molecule has 4 rings (SSSR count). The molecule has 2 aromatic rings. The number of imide groups is 1. The Morgan fingerprint density at radius 1 is 0.971 bits per heavy atom. The van der Waals surface area contributed by atoms with E-state index in [9.17, 15) is 14.4 Å². The second-order valence-corrected chi connectivity index (χ2v) is 8.73. The minimum atomic E-state index is -0.907. The number of carbonyl (C=O) groups is 3. The summed E-state index contributed by atoms with van der Waals surface area (Å²) in [5, 5.41) is 0. The monoisotopic (exact) mass is 464 g/mol. The van der Waals surface area contributed by atoms with Crippen molar-refractivity contribution in [1.29, 1.82) is 0 Å². The van der Waals surface area contributed by atoms with E-state index < -0.39 is 18.0 Å². The molecule has 34 heavy (non-hydrogen) atoms. The quantitative estimate of drug-likeness (QED) is 0.303. The number of pyridine rings is 1. The van der Waals surface area contributed by atoms with Gasteiger partial charge in [0.15, 0.2) is 6.23 Å². The van der Waals surface area contributed by atoms with Gasteiger partial charge in [0.2, 0.25) is 0 Å². The molecule has 1 aromatic carbocycles. The van der Waals surface area contributed by atoms with Crippen LogP contribution >= 0.6 is 0 Å². The van der Waals surface area contributed by atoms with Crippen molar-refractivity contribution < 1.29 is 19.1 Å². The number of rotatable bonds is 10. The summed E-state index contributed by atoms with van der Waals surface area (Å²) in [7, 11) is 0. The van der Waals surface area contributed by atoms with Crippen molar-refractivity contribution >= 4 is 23.6 Å². The first-order valence-corrected chi connectivity index (χ1v) is 12.1. The van der Waals surface area contributed by atoms with Crippen LogP contribution in [0.3, 0.4) is 0 Å². The largest absolute Gasteiger partial charge is 0.441 e. The van der Waals surface area contributed by atoms with Crippen LogP contribution in [-0.4, -0.2) is 71.5 Å². The number of esters is 1. The normalized spacial score (nSPS) is 17.1. The molecular formula is C26H32N4O4. The topological polar surface area (TPSA) is 83.1 Å². The van der Waals surface area contributed by atoms with Crippen molar-refractivity contribution in [2.45, 2.75) is 45.3 Å². The fourth-order valence-electron chi connectivity index (χ4n) is 4.47. The third-order valence-corrected chi connectivity index (χ3v) is 6.40. The first kappa shape index (κ1) is 23.9. The fraction of sp³-hybridized carbons (Fsp3) is 0.462. The number of unbranched alkanes of at least 4 members (excludes halogenated alkanes) is 2. The number of hydrogen-bond acceptors (Lipinski definition) is 7. The molecule has 0 N–H and O–H groups in total. The van der Waals surface area contributed by atoms with Crippen molar-refractivity contribution in [2.24, 2.45) is 0 Å². The molecule has 2 aliphatic heterocycles. The highest BCUT2D eigenvalue weighted by molar-refractivity contribution is 6.21. The van der Waals surface area contributed by atoms with Crippen molar-refractivity contribution in [3.63, 3.8) is 0 Å². The van der Waals surface area contributed by atoms with Gasteiger partial charge in [-0.1, -0.05) is 38.0 Å². The van der Waals surface area contributed by atoms with Crippen molar-refractivity contribution in [1.82, 2.24) is 14.8 Å². The van der Waals surface area contributed by atoms with E-state index >= 15 is 0 Å². The molecule has 0 radical (unpaired) electrons. The summed E-state index contributed by atoms with van der Waals surface area (Å²) in [4.78, 5) is 48.6. The molecule has 0 spiro atoms. The Labute approximate surface area is 200 Å². The molecule has 0 bridgehead atoms. The summed E-state index contributed by atoms with van der Waals surface area (Å²) >= 11 is 0. The Morgan fingerprint density at radius 2 is 1.65 bits per heavy atom. The van der Waals surface area contributed by atoms with Gasteiger partial charge in [-0.3, -0.25) is 19.3 Å². The predicted octanol–water partition coefficient (Wildman–Crippen LogP) is 3.34. The highest BCUT2D eigenvalue weighted by Gasteiger charge is 2.41. The van der Waals surface area contributed by atoms with Crippen LogP contribution in [0.1, 0.15) is 59.7 Å².